The van der Waals surface area contributed by atoms with E-state index in [2.05, 4.69) is 0 Å². The summed E-state index contributed by atoms with van der Waals surface area (Å²) in [6, 6.07) is 9.50. The predicted molar refractivity (Wildman–Crippen MR) is 102 cm³/mol. The Bertz CT molecular complexity index is 868. The van der Waals surface area contributed by atoms with Gasteiger partial charge in [0, 0.05) is 36.3 Å². The normalized spacial score (nSPS) is 10.8. The van der Waals surface area contributed by atoms with Crippen LogP contribution in [-0.4, -0.2) is 29.9 Å². The Hall–Kier alpha value is -2.57. The van der Waals surface area contributed by atoms with Gasteiger partial charge < -0.3 is 9.64 Å². The standard InChI is InChI=1S/C18H16Cl2N2O4/c1-21(11-13-10-14(19)5-7-17(13)26-2)18(23)8-4-12-3-6-15(20)16(9-12)22(24)25/h3-10H,11H2,1-2H3/b8-4+. The van der Waals surface area contributed by atoms with Crippen LogP contribution >= 0.6 is 23.2 Å². The van der Waals surface area contributed by atoms with Crippen LogP contribution in [0.4, 0.5) is 5.69 Å². The van der Waals surface area contributed by atoms with Crippen molar-refractivity contribution in [1.29, 1.82) is 0 Å². The van der Waals surface area contributed by atoms with Gasteiger partial charge in [-0.25, -0.2) is 0 Å². The van der Waals surface area contributed by atoms with E-state index in [1.165, 1.54) is 29.2 Å². The van der Waals surface area contributed by atoms with Crippen molar-refractivity contribution in [3.05, 3.63) is 73.8 Å². The Kier molecular flexibility index (Phi) is 6.60. The van der Waals surface area contributed by atoms with Gasteiger partial charge in [0.2, 0.25) is 5.91 Å². The van der Waals surface area contributed by atoms with E-state index in [1.54, 1.807) is 38.4 Å². The highest BCUT2D eigenvalue weighted by molar-refractivity contribution is 6.32. The van der Waals surface area contributed by atoms with Crippen molar-refractivity contribution < 1.29 is 14.5 Å². The van der Waals surface area contributed by atoms with Crippen molar-refractivity contribution in [2.45, 2.75) is 6.54 Å². The molecule has 0 radical (unpaired) electrons. The van der Waals surface area contributed by atoms with Gasteiger partial charge in [-0.2, -0.15) is 0 Å². The number of benzene rings is 2. The summed E-state index contributed by atoms with van der Waals surface area (Å²) in [5.74, 6) is 0.357. The molecule has 8 heteroatoms. The third-order valence-electron chi connectivity index (χ3n) is 3.61. The van der Waals surface area contributed by atoms with E-state index in [0.29, 0.717) is 22.9 Å². The number of nitrogens with zero attached hydrogens (tertiary/aromatic N) is 2. The molecule has 0 N–H and O–H groups in total. The van der Waals surface area contributed by atoms with E-state index in [-0.39, 0.29) is 16.6 Å². The lowest BCUT2D eigenvalue weighted by molar-refractivity contribution is -0.384. The maximum atomic E-state index is 12.3. The molecule has 0 fully saturated rings. The summed E-state index contributed by atoms with van der Waals surface area (Å²) >= 11 is 11.8. The maximum Gasteiger partial charge on any atom is 0.288 e. The van der Waals surface area contributed by atoms with Crippen molar-refractivity contribution in [1.82, 2.24) is 4.90 Å². The van der Waals surface area contributed by atoms with E-state index < -0.39 is 4.92 Å². The van der Waals surface area contributed by atoms with Crippen molar-refractivity contribution in [2.24, 2.45) is 0 Å². The first-order valence-electron chi connectivity index (χ1n) is 7.51. The van der Waals surface area contributed by atoms with Crippen LogP contribution in [0.5, 0.6) is 5.75 Å². The second-order valence-electron chi connectivity index (χ2n) is 5.45. The number of nitro groups is 1. The number of ether oxygens (including phenoxy) is 1. The molecule has 0 spiro atoms. The lowest BCUT2D eigenvalue weighted by atomic mass is 10.1. The third kappa shape index (κ3) is 4.97. The molecule has 6 nitrogen and oxygen atoms in total. The highest BCUT2D eigenvalue weighted by Gasteiger charge is 2.13. The number of amides is 1. The van der Waals surface area contributed by atoms with E-state index in [4.69, 9.17) is 27.9 Å². The largest absolute Gasteiger partial charge is 0.496 e. The highest BCUT2D eigenvalue weighted by Crippen LogP contribution is 2.26. The minimum absolute atomic E-state index is 0.0450. The minimum atomic E-state index is -0.570. The maximum absolute atomic E-state index is 12.3. The topological polar surface area (TPSA) is 72.7 Å². The van der Waals surface area contributed by atoms with Crippen molar-refractivity contribution in [3.63, 3.8) is 0 Å². The van der Waals surface area contributed by atoms with Crippen LogP contribution in [0, 0.1) is 10.1 Å². The second kappa shape index (κ2) is 8.69. The van der Waals surface area contributed by atoms with Gasteiger partial charge in [-0.1, -0.05) is 29.3 Å². The first-order valence-corrected chi connectivity index (χ1v) is 8.27. The molecule has 26 heavy (non-hydrogen) atoms. The summed E-state index contributed by atoms with van der Waals surface area (Å²) in [4.78, 5) is 24.1. The molecular formula is C18H16Cl2N2O4. The summed E-state index contributed by atoms with van der Waals surface area (Å²) in [5, 5.41) is 11.5. The number of halogens is 2. The van der Waals surface area contributed by atoms with Gasteiger partial charge in [0.05, 0.1) is 12.0 Å². The van der Waals surface area contributed by atoms with Crippen LogP contribution in [0.1, 0.15) is 11.1 Å². The Balaban J connectivity index is 2.12. The van der Waals surface area contributed by atoms with Gasteiger partial charge in [-0.3, -0.25) is 14.9 Å². The number of rotatable bonds is 6. The van der Waals surface area contributed by atoms with Gasteiger partial charge in [-0.05, 0) is 35.9 Å². The summed E-state index contributed by atoms with van der Waals surface area (Å²) in [7, 11) is 3.18. The lowest BCUT2D eigenvalue weighted by Gasteiger charge is -2.17. The van der Waals surface area contributed by atoms with Crippen LogP contribution in [0.25, 0.3) is 6.08 Å². The van der Waals surface area contributed by atoms with Crippen LogP contribution in [0.2, 0.25) is 10.0 Å². The Morgan fingerprint density at radius 3 is 2.65 bits per heavy atom. The van der Waals surface area contributed by atoms with Gasteiger partial charge in [-0.15, -0.1) is 0 Å². The van der Waals surface area contributed by atoms with Gasteiger partial charge in [0.1, 0.15) is 10.8 Å². The molecule has 0 aliphatic rings. The molecule has 0 unspecified atom stereocenters. The van der Waals surface area contributed by atoms with Crippen molar-refractivity contribution in [3.8, 4) is 5.75 Å². The van der Waals surface area contributed by atoms with E-state index in [0.717, 1.165) is 5.56 Å². The molecule has 2 aromatic rings. The predicted octanol–water partition coefficient (Wildman–Crippen LogP) is 4.58. The molecule has 0 atom stereocenters. The summed E-state index contributed by atoms with van der Waals surface area (Å²) < 4.78 is 5.27. The van der Waals surface area contributed by atoms with Gasteiger partial charge in [0.25, 0.3) is 5.69 Å². The van der Waals surface area contributed by atoms with Crippen LogP contribution in [0.15, 0.2) is 42.5 Å². The molecule has 0 aromatic heterocycles. The zero-order valence-electron chi connectivity index (χ0n) is 14.1. The van der Waals surface area contributed by atoms with E-state index in [1.807, 2.05) is 0 Å². The average Bonchev–Trinajstić information content (AvgIpc) is 2.60. The molecule has 1 amide bonds. The fraction of sp³-hybridized carbons (Fsp3) is 0.167. The number of carbonyl (C=O) groups is 1. The molecule has 0 heterocycles. The lowest BCUT2D eigenvalue weighted by Crippen LogP contribution is -2.24. The van der Waals surface area contributed by atoms with Crippen LogP contribution in [0.3, 0.4) is 0 Å². The zero-order chi connectivity index (χ0) is 19.3. The molecule has 136 valence electrons. The monoisotopic (exact) mass is 394 g/mol. The smallest absolute Gasteiger partial charge is 0.288 e. The summed E-state index contributed by atoms with van der Waals surface area (Å²) in [6.45, 7) is 0.299. The molecule has 0 aliphatic heterocycles. The summed E-state index contributed by atoms with van der Waals surface area (Å²) in [6.07, 6.45) is 2.83. The van der Waals surface area contributed by atoms with Crippen LogP contribution in [-0.2, 0) is 11.3 Å². The van der Waals surface area contributed by atoms with Crippen molar-refractivity contribution >= 4 is 40.9 Å². The third-order valence-corrected chi connectivity index (χ3v) is 4.17. The van der Waals surface area contributed by atoms with Crippen molar-refractivity contribution in [2.75, 3.05) is 14.2 Å². The summed E-state index contributed by atoms with van der Waals surface area (Å²) in [5.41, 5.74) is 1.06. The molecule has 0 bridgehead atoms. The molecule has 2 rings (SSSR count). The number of hydrogen-bond acceptors (Lipinski definition) is 4. The Morgan fingerprint density at radius 2 is 2.00 bits per heavy atom. The first kappa shape index (κ1) is 19.8. The Morgan fingerprint density at radius 1 is 1.27 bits per heavy atom. The molecule has 0 aliphatic carbocycles. The fourth-order valence-corrected chi connectivity index (χ4v) is 2.65. The fourth-order valence-electron chi connectivity index (χ4n) is 2.27. The number of carbonyl (C=O) groups excluding carboxylic acids is 1. The molecule has 2 aromatic carbocycles. The first-order chi connectivity index (χ1) is 12.3. The van der Waals surface area contributed by atoms with Crippen LogP contribution < -0.4 is 4.74 Å². The van der Waals surface area contributed by atoms with E-state index >= 15 is 0 Å². The second-order valence-corrected chi connectivity index (χ2v) is 6.30. The molecular weight excluding hydrogens is 379 g/mol. The minimum Gasteiger partial charge on any atom is -0.496 e. The molecule has 0 saturated carbocycles. The number of methoxy groups -OCH3 is 1. The SMILES string of the molecule is COc1ccc(Cl)cc1CN(C)C(=O)/C=C/c1ccc(Cl)c([N+](=O)[O-])c1. The Labute approximate surface area is 160 Å². The van der Waals surface area contributed by atoms with E-state index in [9.17, 15) is 14.9 Å². The van der Waals surface area contributed by atoms with Gasteiger partial charge >= 0.3 is 0 Å². The molecule has 0 saturated heterocycles. The average molecular weight is 395 g/mol. The highest BCUT2D eigenvalue weighted by atomic mass is 35.5. The number of hydrogen-bond donors (Lipinski definition) is 0. The quantitative estimate of drug-likeness (QED) is 0.408. The zero-order valence-corrected chi connectivity index (χ0v) is 15.6. The number of likely N-dealkylation sites (N-methyl/N-ethyl adjacent to an activating group) is 1. The number of nitro benzene ring substituents is 1. The van der Waals surface area contributed by atoms with Gasteiger partial charge in [0.15, 0.2) is 0 Å².